The Labute approximate surface area is 69.4 Å². The third-order valence-corrected chi connectivity index (χ3v) is 2.67. The average molecular weight is 174 g/mol. The standard InChI is InChI=1S/C8H15O2P/c1-3-7(9)5-11-6-8(10)4-2/h3-4,7-11H,1-2,5-6H2. The van der Waals surface area contributed by atoms with Crippen LogP contribution in [0.2, 0.25) is 0 Å². The van der Waals surface area contributed by atoms with Crippen LogP contribution in [0.5, 0.6) is 0 Å². The van der Waals surface area contributed by atoms with Gasteiger partial charge in [0.05, 0.1) is 12.2 Å². The summed E-state index contributed by atoms with van der Waals surface area (Å²) in [5.74, 6) is 0. The predicted molar refractivity (Wildman–Crippen MR) is 50.5 cm³/mol. The molecule has 0 saturated heterocycles. The van der Waals surface area contributed by atoms with Crippen LogP contribution in [-0.4, -0.2) is 34.7 Å². The van der Waals surface area contributed by atoms with E-state index in [2.05, 4.69) is 13.2 Å². The highest BCUT2D eigenvalue weighted by Crippen LogP contribution is 2.13. The second kappa shape index (κ2) is 6.53. The summed E-state index contributed by atoms with van der Waals surface area (Å²) in [4.78, 5) is 0. The largest absolute Gasteiger partial charge is 0.389 e. The van der Waals surface area contributed by atoms with Crippen molar-refractivity contribution in [2.75, 3.05) is 12.3 Å². The van der Waals surface area contributed by atoms with E-state index in [4.69, 9.17) is 10.2 Å². The molecular weight excluding hydrogens is 159 g/mol. The first-order chi connectivity index (χ1) is 5.20. The van der Waals surface area contributed by atoms with Gasteiger partial charge >= 0.3 is 0 Å². The number of aliphatic hydroxyl groups excluding tert-OH is 2. The molecule has 0 aromatic heterocycles. The summed E-state index contributed by atoms with van der Waals surface area (Å²) >= 11 is 0. The summed E-state index contributed by atoms with van der Waals surface area (Å²) in [6.45, 7) is 6.90. The maximum atomic E-state index is 9.02. The van der Waals surface area contributed by atoms with Gasteiger partial charge in [0.15, 0.2) is 0 Å². The Morgan fingerprint density at radius 1 is 1.09 bits per heavy atom. The van der Waals surface area contributed by atoms with E-state index >= 15 is 0 Å². The molecule has 0 radical (unpaired) electrons. The van der Waals surface area contributed by atoms with Gasteiger partial charge in [0.2, 0.25) is 0 Å². The van der Waals surface area contributed by atoms with Gasteiger partial charge in [-0.25, -0.2) is 0 Å². The van der Waals surface area contributed by atoms with Crippen molar-refractivity contribution in [1.29, 1.82) is 0 Å². The van der Waals surface area contributed by atoms with Crippen LogP contribution in [0.15, 0.2) is 25.3 Å². The first-order valence-corrected chi connectivity index (χ1v) is 4.94. The monoisotopic (exact) mass is 174 g/mol. The third-order valence-electron chi connectivity index (χ3n) is 1.25. The van der Waals surface area contributed by atoms with E-state index in [1.807, 2.05) is 0 Å². The van der Waals surface area contributed by atoms with Crippen molar-refractivity contribution in [3.63, 3.8) is 0 Å². The van der Waals surface area contributed by atoms with Crippen LogP contribution >= 0.6 is 8.58 Å². The highest BCUT2D eigenvalue weighted by atomic mass is 31.1. The fraction of sp³-hybridized carbons (Fsp3) is 0.500. The zero-order valence-corrected chi connectivity index (χ0v) is 7.53. The van der Waals surface area contributed by atoms with Crippen LogP contribution in [0.3, 0.4) is 0 Å². The molecule has 0 fully saturated rings. The Hall–Kier alpha value is -0.170. The number of hydrogen-bond acceptors (Lipinski definition) is 2. The number of aliphatic hydroxyl groups is 2. The lowest BCUT2D eigenvalue weighted by Crippen LogP contribution is -2.09. The minimum absolute atomic E-state index is 0.426. The van der Waals surface area contributed by atoms with E-state index in [1.54, 1.807) is 0 Å². The van der Waals surface area contributed by atoms with Gasteiger partial charge in [-0.05, 0) is 12.3 Å². The molecule has 11 heavy (non-hydrogen) atoms. The maximum Gasteiger partial charge on any atom is 0.0755 e. The molecule has 0 amide bonds. The zero-order chi connectivity index (χ0) is 8.69. The zero-order valence-electron chi connectivity index (χ0n) is 6.53. The number of rotatable bonds is 6. The van der Waals surface area contributed by atoms with Gasteiger partial charge in [0.25, 0.3) is 0 Å². The minimum atomic E-state index is -0.426. The SMILES string of the molecule is C=CC(O)CPCC(O)C=C. The van der Waals surface area contributed by atoms with Crippen LogP contribution < -0.4 is 0 Å². The third kappa shape index (κ3) is 6.24. The van der Waals surface area contributed by atoms with Crippen LogP contribution in [0.1, 0.15) is 0 Å². The Kier molecular flexibility index (Phi) is 6.43. The molecule has 0 bridgehead atoms. The highest BCUT2D eigenvalue weighted by molar-refractivity contribution is 7.38. The van der Waals surface area contributed by atoms with Crippen molar-refractivity contribution >= 4 is 8.58 Å². The van der Waals surface area contributed by atoms with E-state index in [9.17, 15) is 0 Å². The van der Waals surface area contributed by atoms with Gasteiger partial charge in [-0.1, -0.05) is 12.2 Å². The van der Waals surface area contributed by atoms with Gasteiger partial charge in [-0.15, -0.1) is 21.7 Å². The molecule has 0 aliphatic carbocycles. The van der Waals surface area contributed by atoms with Crippen molar-refractivity contribution in [2.45, 2.75) is 12.2 Å². The lowest BCUT2D eigenvalue weighted by Gasteiger charge is -2.06. The second-order valence-electron chi connectivity index (χ2n) is 2.26. The van der Waals surface area contributed by atoms with Crippen LogP contribution in [0, 0.1) is 0 Å². The van der Waals surface area contributed by atoms with Gasteiger partial charge in [-0.2, -0.15) is 0 Å². The van der Waals surface area contributed by atoms with Crippen molar-refractivity contribution in [1.82, 2.24) is 0 Å². The van der Waals surface area contributed by atoms with E-state index in [0.717, 1.165) is 0 Å². The predicted octanol–water partition coefficient (Wildman–Crippen LogP) is 0.759. The van der Waals surface area contributed by atoms with Gasteiger partial charge in [-0.3, -0.25) is 0 Å². The van der Waals surface area contributed by atoms with Crippen LogP contribution in [0.25, 0.3) is 0 Å². The first kappa shape index (κ1) is 10.8. The molecule has 0 aromatic carbocycles. The van der Waals surface area contributed by atoms with Gasteiger partial charge in [0, 0.05) is 0 Å². The van der Waals surface area contributed by atoms with Gasteiger partial charge in [0.1, 0.15) is 0 Å². The molecule has 0 spiro atoms. The average Bonchev–Trinajstić information content (AvgIpc) is 2.04. The molecule has 0 heterocycles. The molecule has 2 nitrogen and oxygen atoms in total. The van der Waals surface area contributed by atoms with Crippen LogP contribution in [-0.2, 0) is 0 Å². The molecule has 3 heteroatoms. The second-order valence-corrected chi connectivity index (χ2v) is 3.58. The molecule has 0 aromatic rings. The Morgan fingerprint density at radius 2 is 1.45 bits per heavy atom. The van der Waals surface area contributed by atoms with Crippen molar-refractivity contribution in [3.8, 4) is 0 Å². The van der Waals surface area contributed by atoms with Crippen LogP contribution in [0.4, 0.5) is 0 Å². The fourth-order valence-corrected chi connectivity index (χ4v) is 1.64. The lowest BCUT2D eigenvalue weighted by atomic mass is 10.4. The molecule has 2 unspecified atom stereocenters. The first-order valence-electron chi connectivity index (χ1n) is 3.52. The normalized spacial score (nSPS) is 16.5. The van der Waals surface area contributed by atoms with Crippen molar-refractivity contribution < 1.29 is 10.2 Å². The molecular formula is C8H15O2P. The van der Waals surface area contributed by atoms with E-state index in [0.29, 0.717) is 20.9 Å². The Morgan fingerprint density at radius 3 is 1.73 bits per heavy atom. The summed E-state index contributed by atoms with van der Waals surface area (Å²) in [5, 5.41) is 18.0. The Balaban J connectivity index is 3.26. The maximum absolute atomic E-state index is 9.02. The molecule has 2 atom stereocenters. The summed E-state index contributed by atoms with van der Waals surface area (Å²) in [6.07, 6.45) is 3.54. The van der Waals surface area contributed by atoms with Gasteiger partial charge < -0.3 is 10.2 Å². The summed E-state index contributed by atoms with van der Waals surface area (Å²) < 4.78 is 0. The smallest absolute Gasteiger partial charge is 0.0755 e. The lowest BCUT2D eigenvalue weighted by molar-refractivity contribution is 0.242. The molecule has 0 saturated carbocycles. The van der Waals surface area contributed by atoms with E-state index < -0.39 is 12.2 Å². The minimum Gasteiger partial charge on any atom is -0.389 e. The number of hydrogen-bond donors (Lipinski definition) is 2. The van der Waals surface area contributed by atoms with E-state index in [1.165, 1.54) is 12.2 Å². The summed E-state index contributed by atoms with van der Waals surface area (Å²) in [6, 6.07) is 0. The van der Waals surface area contributed by atoms with Crippen molar-refractivity contribution in [2.24, 2.45) is 0 Å². The molecule has 64 valence electrons. The quantitative estimate of drug-likeness (QED) is 0.461. The van der Waals surface area contributed by atoms with E-state index in [-0.39, 0.29) is 0 Å². The Bertz CT molecular complexity index is 111. The summed E-state index contributed by atoms with van der Waals surface area (Å²) in [5.41, 5.74) is 0. The molecule has 2 N–H and O–H groups in total. The molecule has 0 aliphatic heterocycles. The highest BCUT2D eigenvalue weighted by Gasteiger charge is 2.00. The van der Waals surface area contributed by atoms with Crippen molar-refractivity contribution in [3.05, 3.63) is 25.3 Å². The molecule has 0 aliphatic rings. The topological polar surface area (TPSA) is 40.5 Å². The fourth-order valence-electron chi connectivity index (χ4n) is 0.546. The summed E-state index contributed by atoms with van der Waals surface area (Å²) in [7, 11) is 0.564. The molecule has 0 rings (SSSR count).